The Morgan fingerprint density at radius 2 is 1.97 bits per heavy atom. The van der Waals surface area contributed by atoms with Crippen molar-refractivity contribution in [3.8, 4) is 11.5 Å². The number of amides is 2. The Bertz CT molecular complexity index is 1000. The number of nitrogens with zero attached hydrogens (tertiary/aromatic N) is 1. The third kappa shape index (κ3) is 3.49. The van der Waals surface area contributed by atoms with Gasteiger partial charge in [0, 0.05) is 30.3 Å². The van der Waals surface area contributed by atoms with Crippen LogP contribution in [-0.2, 0) is 20.9 Å². The van der Waals surface area contributed by atoms with Gasteiger partial charge < -0.3 is 24.4 Å². The van der Waals surface area contributed by atoms with Crippen LogP contribution in [0.15, 0.2) is 36.4 Å². The first-order chi connectivity index (χ1) is 14.0. The van der Waals surface area contributed by atoms with Crippen LogP contribution < -0.4 is 19.7 Å². The lowest BCUT2D eigenvalue weighted by Gasteiger charge is -2.20. The Hall–Kier alpha value is -3.55. The van der Waals surface area contributed by atoms with Gasteiger partial charge >= 0.3 is 5.97 Å². The molecule has 2 aromatic carbocycles. The first-order valence-corrected chi connectivity index (χ1v) is 9.13. The monoisotopic (exact) mass is 396 g/mol. The topological polar surface area (TPSA) is 94.2 Å². The number of nitrogens with one attached hydrogen (secondary N) is 1. The van der Waals surface area contributed by atoms with Gasteiger partial charge in [0.2, 0.25) is 11.8 Å². The van der Waals surface area contributed by atoms with Crippen LogP contribution in [0.25, 0.3) is 0 Å². The van der Waals surface area contributed by atoms with E-state index in [0.717, 1.165) is 5.56 Å². The first-order valence-electron chi connectivity index (χ1n) is 9.13. The molecule has 2 heterocycles. The third-order valence-electron chi connectivity index (χ3n) is 5.12. The molecule has 1 saturated heterocycles. The van der Waals surface area contributed by atoms with Gasteiger partial charge in [0.05, 0.1) is 31.4 Å². The lowest BCUT2D eigenvalue weighted by atomic mass is 10.1. The Kier molecular flexibility index (Phi) is 4.84. The number of hydrogen-bond acceptors (Lipinski definition) is 6. The van der Waals surface area contributed by atoms with Crippen molar-refractivity contribution in [3.63, 3.8) is 0 Å². The molecule has 150 valence electrons. The van der Waals surface area contributed by atoms with E-state index >= 15 is 0 Å². The summed E-state index contributed by atoms with van der Waals surface area (Å²) < 4.78 is 15.5. The van der Waals surface area contributed by atoms with Gasteiger partial charge in [0.25, 0.3) is 0 Å². The molecule has 0 saturated carbocycles. The number of fused-ring (bicyclic) bond motifs is 1. The van der Waals surface area contributed by atoms with E-state index in [1.165, 1.54) is 7.11 Å². The lowest BCUT2D eigenvalue weighted by molar-refractivity contribution is -0.122. The molecular formula is C21H20N2O6. The Morgan fingerprint density at radius 3 is 2.72 bits per heavy atom. The van der Waals surface area contributed by atoms with Crippen molar-refractivity contribution in [2.75, 3.05) is 31.0 Å². The summed E-state index contributed by atoms with van der Waals surface area (Å²) in [4.78, 5) is 38.4. The Morgan fingerprint density at radius 1 is 1.14 bits per heavy atom. The van der Waals surface area contributed by atoms with Crippen LogP contribution >= 0.6 is 0 Å². The first kappa shape index (κ1) is 18.8. The largest absolute Gasteiger partial charge is 0.497 e. The van der Waals surface area contributed by atoms with E-state index in [1.54, 1.807) is 48.4 Å². The highest BCUT2D eigenvalue weighted by Gasteiger charge is 2.36. The number of ether oxygens (including phenoxy) is 3. The second-order valence-electron chi connectivity index (χ2n) is 6.88. The average molecular weight is 396 g/mol. The van der Waals surface area contributed by atoms with Gasteiger partial charge in [-0.3, -0.25) is 9.59 Å². The van der Waals surface area contributed by atoms with Crippen molar-refractivity contribution in [2.45, 2.75) is 13.0 Å². The molecule has 1 N–H and O–H groups in total. The van der Waals surface area contributed by atoms with Crippen LogP contribution in [0.2, 0.25) is 0 Å². The number of rotatable bonds is 5. The van der Waals surface area contributed by atoms with Crippen LogP contribution in [0.5, 0.6) is 11.5 Å². The number of cyclic esters (lactones) is 1. The minimum atomic E-state index is -0.500. The second-order valence-corrected chi connectivity index (χ2v) is 6.88. The van der Waals surface area contributed by atoms with Gasteiger partial charge in [-0.2, -0.15) is 0 Å². The zero-order valence-electron chi connectivity index (χ0n) is 16.1. The molecule has 0 spiro atoms. The van der Waals surface area contributed by atoms with Crippen molar-refractivity contribution in [3.05, 3.63) is 47.5 Å². The summed E-state index contributed by atoms with van der Waals surface area (Å²) in [6.45, 7) is 0.449. The number of carbonyl (C=O) groups excluding carboxylic acids is 3. The summed E-state index contributed by atoms with van der Waals surface area (Å²) in [7, 11) is 3.07. The number of anilines is 2. The van der Waals surface area contributed by atoms with E-state index in [1.807, 2.05) is 0 Å². The molecular weight excluding hydrogens is 376 g/mol. The molecule has 2 aromatic rings. The maximum Gasteiger partial charge on any atom is 0.338 e. The van der Waals surface area contributed by atoms with Crippen molar-refractivity contribution in [2.24, 2.45) is 5.92 Å². The second kappa shape index (κ2) is 7.46. The van der Waals surface area contributed by atoms with Gasteiger partial charge in [-0.05, 0) is 30.3 Å². The highest BCUT2D eigenvalue weighted by Crippen LogP contribution is 2.36. The highest BCUT2D eigenvalue weighted by molar-refractivity contribution is 6.04. The van der Waals surface area contributed by atoms with Crippen LogP contribution in [0.4, 0.5) is 11.4 Å². The van der Waals surface area contributed by atoms with E-state index < -0.39 is 5.92 Å². The molecule has 8 nitrogen and oxygen atoms in total. The molecule has 0 aromatic heterocycles. The van der Waals surface area contributed by atoms with Crippen molar-refractivity contribution in [1.82, 2.24) is 0 Å². The average Bonchev–Trinajstić information content (AvgIpc) is 3.30. The van der Waals surface area contributed by atoms with Gasteiger partial charge in [0.15, 0.2) is 0 Å². The highest BCUT2D eigenvalue weighted by atomic mass is 16.5. The number of methoxy groups -OCH3 is 2. The quantitative estimate of drug-likeness (QED) is 0.780. The molecule has 1 atom stereocenters. The van der Waals surface area contributed by atoms with Crippen LogP contribution in [0.1, 0.15) is 22.3 Å². The van der Waals surface area contributed by atoms with Gasteiger partial charge in [-0.15, -0.1) is 0 Å². The fourth-order valence-electron chi connectivity index (χ4n) is 3.58. The SMILES string of the molecule is COc1ccc(N2C[C@H](C(=O)Nc3ccc4c(c3)COC4=O)CC2=O)c(OC)c1. The standard InChI is InChI=1S/C21H20N2O6/c1-27-15-4-6-17(18(9-15)28-2)23-10-12(8-19(23)24)20(25)22-14-3-5-16-13(7-14)11-29-21(16)26/h3-7,9,12H,8,10-11H2,1-2H3,(H,22,25)/t12-/m1/s1. The lowest BCUT2D eigenvalue weighted by Crippen LogP contribution is -2.28. The molecule has 4 rings (SSSR count). The Labute approximate surface area is 167 Å². The summed E-state index contributed by atoms with van der Waals surface area (Å²) in [5.74, 6) is -0.142. The molecule has 8 heteroatoms. The van der Waals surface area contributed by atoms with Crippen LogP contribution in [0.3, 0.4) is 0 Å². The minimum Gasteiger partial charge on any atom is -0.497 e. The zero-order valence-corrected chi connectivity index (χ0v) is 16.1. The number of carbonyl (C=O) groups is 3. The molecule has 0 radical (unpaired) electrons. The van der Waals surface area contributed by atoms with E-state index in [-0.39, 0.29) is 37.4 Å². The van der Waals surface area contributed by atoms with Gasteiger partial charge in [0.1, 0.15) is 18.1 Å². The number of benzene rings is 2. The fraction of sp³-hybridized carbons (Fsp3) is 0.286. The maximum absolute atomic E-state index is 12.7. The van der Waals surface area contributed by atoms with Gasteiger partial charge in [-0.1, -0.05) is 0 Å². The molecule has 0 bridgehead atoms. The molecule has 2 aliphatic heterocycles. The summed E-state index contributed by atoms with van der Waals surface area (Å²) in [5, 5.41) is 2.83. The van der Waals surface area contributed by atoms with E-state index in [4.69, 9.17) is 14.2 Å². The van der Waals surface area contributed by atoms with E-state index in [2.05, 4.69) is 5.32 Å². The Balaban J connectivity index is 1.48. The zero-order chi connectivity index (χ0) is 20.5. The predicted octanol–water partition coefficient (Wildman–Crippen LogP) is 2.37. The van der Waals surface area contributed by atoms with Crippen molar-refractivity contribution >= 4 is 29.2 Å². The number of hydrogen-bond donors (Lipinski definition) is 1. The molecule has 2 aliphatic rings. The third-order valence-corrected chi connectivity index (χ3v) is 5.12. The fourth-order valence-corrected chi connectivity index (χ4v) is 3.58. The molecule has 2 amide bonds. The van der Waals surface area contributed by atoms with Crippen LogP contribution in [0, 0.1) is 5.92 Å². The molecule has 0 aliphatic carbocycles. The molecule has 29 heavy (non-hydrogen) atoms. The smallest absolute Gasteiger partial charge is 0.338 e. The predicted molar refractivity (Wildman–Crippen MR) is 104 cm³/mol. The van der Waals surface area contributed by atoms with E-state index in [9.17, 15) is 14.4 Å². The number of esters is 1. The van der Waals surface area contributed by atoms with Crippen molar-refractivity contribution in [1.29, 1.82) is 0 Å². The maximum atomic E-state index is 12.7. The molecule has 1 fully saturated rings. The summed E-state index contributed by atoms with van der Waals surface area (Å²) >= 11 is 0. The van der Waals surface area contributed by atoms with Crippen molar-refractivity contribution < 1.29 is 28.6 Å². The van der Waals surface area contributed by atoms with E-state index in [0.29, 0.717) is 28.4 Å². The summed E-state index contributed by atoms with van der Waals surface area (Å²) in [6, 6.07) is 10.2. The summed E-state index contributed by atoms with van der Waals surface area (Å²) in [5.41, 5.74) is 2.42. The summed E-state index contributed by atoms with van der Waals surface area (Å²) in [6.07, 6.45) is 0.105. The molecule has 0 unspecified atom stereocenters. The van der Waals surface area contributed by atoms with Crippen LogP contribution in [-0.4, -0.2) is 38.5 Å². The minimum absolute atomic E-state index is 0.105. The normalized spacial score (nSPS) is 17.7. The van der Waals surface area contributed by atoms with Gasteiger partial charge in [-0.25, -0.2) is 4.79 Å².